The van der Waals surface area contributed by atoms with Gasteiger partial charge in [0.15, 0.2) is 0 Å². The number of carbonyl (C=O) groups excluding carboxylic acids is 5. The van der Waals surface area contributed by atoms with Crippen molar-refractivity contribution in [2.75, 3.05) is 6.54 Å². The molecule has 5 amide bonds. The summed E-state index contributed by atoms with van der Waals surface area (Å²) in [4.78, 5) is 91.0. The normalized spacial score (nSPS) is 16.2. The van der Waals surface area contributed by atoms with Crippen molar-refractivity contribution in [2.45, 2.75) is 68.7 Å². The highest BCUT2D eigenvalue weighted by Crippen LogP contribution is 2.24. The number of carboxylic acid groups (broad SMARTS) is 1. The molecular formula is C42H45N9O7. The first kappa shape index (κ1) is 39.3. The summed E-state index contributed by atoms with van der Waals surface area (Å²) in [5.41, 5.74) is 16.5. The number of rotatable bonds is 16. The molecule has 0 aliphatic carbocycles. The molecular weight excluding hydrogens is 743 g/mol. The van der Waals surface area contributed by atoms with Crippen LogP contribution in [0.2, 0.25) is 0 Å². The predicted octanol–water partition coefficient (Wildman–Crippen LogP) is 1.89. The number of likely N-dealkylation sites (tertiary alicyclic amines) is 1. The molecule has 0 unspecified atom stereocenters. The van der Waals surface area contributed by atoms with Gasteiger partial charge in [-0.2, -0.15) is 0 Å². The molecule has 300 valence electrons. The summed E-state index contributed by atoms with van der Waals surface area (Å²) < 4.78 is 0. The molecule has 0 saturated carbocycles. The van der Waals surface area contributed by atoms with Gasteiger partial charge < -0.3 is 52.4 Å². The first-order valence-electron chi connectivity index (χ1n) is 19.1. The zero-order valence-electron chi connectivity index (χ0n) is 31.5. The molecule has 0 radical (unpaired) electrons. The zero-order chi connectivity index (χ0) is 40.9. The highest BCUT2D eigenvalue weighted by molar-refractivity contribution is 5.98. The molecule has 0 bridgehead atoms. The Hall–Kier alpha value is -6.94. The van der Waals surface area contributed by atoms with Crippen LogP contribution in [0.25, 0.3) is 32.7 Å². The first-order chi connectivity index (χ1) is 28.0. The van der Waals surface area contributed by atoms with Crippen LogP contribution in [0.1, 0.15) is 36.0 Å². The second-order valence-corrected chi connectivity index (χ2v) is 14.7. The topological polar surface area (TPSA) is 261 Å². The van der Waals surface area contributed by atoms with Gasteiger partial charge in [0.25, 0.3) is 0 Å². The summed E-state index contributed by atoms with van der Waals surface area (Å²) in [7, 11) is 0. The summed E-state index contributed by atoms with van der Waals surface area (Å²) in [6.07, 6.45) is 5.42. The van der Waals surface area contributed by atoms with E-state index < -0.39 is 72.1 Å². The van der Waals surface area contributed by atoms with Gasteiger partial charge >= 0.3 is 5.97 Å². The summed E-state index contributed by atoms with van der Waals surface area (Å²) in [6, 6.07) is 16.2. The van der Waals surface area contributed by atoms with Crippen LogP contribution < -0.4 is 27.4 Å². The number of hydrogen-bond donors (Lipinski definition) is 9. The van der Waals surface area contributed by atoms with E-state index in [4.69, 9.17) is 11.5 Å². The minimum Gasteiger partial charge on any atom is -0.480 e. The van der Waals surface area contributed by atoms with E-state index in [1.807, 2.05) is 72.8 Å². The lowest BCUT2D eigenvalue weighted by Crippen LogP contribution is -2.59. The average Bonchev–Trinajstić information content (AvgIpc) is 4.03. The number of nitrogens with zero attached hydrogens (tertiary/aromatic N) is 1. The first-order valence-corrected chi connectivity index (χ1v) is 19.1. The van der Waals surface area contributed by atoms with Crippen LogP contribution >= 0.6 is 0 Å². The van der Waals surface area contributed by atoms with Crippen molar-refractivity contribution in [3.8, 4) is 0 Å². The number of aromatic nitrogens is 3. The molecule has 6 aromatic rings. The van der Waals surface area contributed by atoms with Gasteiger partial charge in [0, 0.05) is 70.7 Å². The Labute approximate surface area is 332 Å². The van der Waals surface area contributed by atoms with Gasteiger partial charge in [-0.05, 0) is 54.2 Å². The van der Waals surface area contributed by atoms with Crippen LogP contribution in [0.4, 0.5) is 0 Å². The van der Waals surface area contributed by atoms with Crippen molar-refractivity contribution in [3.63, 3.8) is 0 Å². The molecule has 4 heterocycles. The SMILES string of the molecule is NC(=O)C[C@H](NC(=O)[C@@H](N)Cc1c[nH]c2ccccc12)C(=O)N1CCC[C@H]1C(=O)N[C@@H](Cc1c[nH]c2ccccc12)C(=O)N[C@@H](Cc1c[nH]c2ccccc12)C(=O)O. The van der Waals surface area contributed by atoms with Crippen LogP contribution in [0.15, 0.2) is 91.4 Å². The fourth-order valence-corrected chi connectivity index (χ4v) is 7.80. The second kappa shape index (κ2) is 17.1. The maximum absolute atomic E-state index is 14.1. The van der Waals surface area contributed by atoms with Crippen LogP contribution in [0.5, 0.6) is 0 Å². The number of hydrogen-bond acceptors (Lipinski definition) is 7. The third-order valence-corrected chi connectivity index (χ3v) is 10.8. The van der Waals surface area contributed by atoms with E-state index in [-0.39, 0.29) is 32.2 Å². The van der Waals surface area contributed by atoms with E-state index in [2.05, 4.69) is 30.9 Å². The Balaban J connectivity index is 1.08. The van der Waals surface area contributed by atoms with Gasteiger partial charge in [0.2, 0.25) is 29.5 Å². The zero-order valence-corrected chi connectivity index (χ0v) is 31.5. The number of carboxylic acids is 1. The number of nitrogens with two attached hydrogens (primary N) is 2. The Kier molecular flexibility index (Phi) is 11.6. The van der Waals surface area contributed by atoms with Gasteiger partial charge in [-0.25, -0.2) is 4.79 Å². The highest BCUT2D eigenvalue weighted by Gasteiger charge is 2.40. The molecule has 1 aliphatic heterocycles. The third-order valence-electron chi connectivity index (χ3n) is 10.8. The number of aliphatic carboxylic acids is 1. The lowest BCUT2D eigenvalue weighted by Gasteiger charge is -2.30. The van der Waals surface area contributed by atoms with Crippen LogP contribution in [-0.4, -0.2) is 97.2 Å². The predicted molar refractivity (Wildman–Crippen MR) is 216 cm³/mol. The molecule has 1 fully saturated rings. The van der Waals surface area contributed by atoms with Crippen molar-refractivity contribution in [3.05, 3.63) is 108 Å². The smallest absolute Gasteiger partial charge is 0.326 e. The molecule has 58 heavy (non-hydrogen) atoms. The lowest BCUT2D eigenvalue weighted by atomic mass is 10.0. The van der Waals surface area contributed by atoms with Crippen molar-refractivity contribution in [2.24, 2.45) is 11.5 Å². The van der Waals surface area contributed by atoms with Crippen LogP contribution in [0, 0.1) is 0 Å². The van der Waals surface area contributed by atoms with E-state index in [0.717, 1.165) is 38.3 Å². The van der Waals surface area contributed by atoms with Gasteiger partial charge in [-0.1, -0.05) is 54.6 Å². The number of para-hydroxylation sites is 3. The number of H-pyrrole nitrogens is 3. The fraction of sp³-hybridized carbons (Fsp3) is 0.286. The summed E-state index contributed by atoms with van der Waals surface area (Å²) in [5.74, 6) is -4.88. The Bertz CT molecular complexity index is 2500. The average molecular weight is 788 g/mol. The number of amides is 5. The maximum Gasteiger partial charge on any atom is 0.326 e. The molecule has 3 aromatic heterocycles. The van der Waals surface area contributed by atoms with E-state index in [0.29, 0.717) is 17.5 Å². The van der Waals surface area contributed by atoms with E-state index >= 15 is 0 Å². The van der Waals surface area contributed by atoms with Gasteiger partial charge in [0.05, 0.1) is 12.5 Å². The highest BCUT2D eigenvalue weighted by atomic mass is 16.4. The number of aromatic amines is 3. The van der Waals surface area contributed by atoms with E-state index in [1.54, 1.807) is 18.6 Å². The number of fused-ring (bicyclic) bond motifs is 3. The standard InChI is InChI=1S/C42H45N9O7/c43-29(16-23-20-45-30-11-4-1-8-26(23)30)38(53)49-34(19-37(44)52)41(56)51-15-7-14-36(51)40(55)48-33(17-24-21-46-31-12-5-2-9-27(24)31)39(54)50-35(42(57)58)18-25-22-47-32-13-6-3-10-28(25)32/h1-6,8-13,20-22,29,33-36,45-47H,7,14-19,43H2,(H2,44,52)(H,48,55)(H,49,53)(H,50,54)(H,57,58)/t29-,33-,34-,35-,36-/m0/s1. The van der Waals surface area contributed by atoms with Crippen molar-refractivity contribution in [1.29, 1.82) is 0 Å². The van der Waals surface area contributed by atoms with Crippen molar-refractivity contribution in [1.82, 2.24) is 35.8 Å². The summed E-state index contributed by atoms with van der Waals surface area (Å²) in [6.45, 7) is 0.133. The number of carbonyl (C=O) groups is 6. The molecule has 1 saturated heterocycles. The van der Waals surface area contributed by atoms with E-state index in [1.165, 1.54) is 4.90 Å². The monoisotopic (exact) mass is 787 g/mol. The maximum atomic E-state index is 14.1. The number of nitrogens with one attached hydrogen (secondary N) is 6. The molecule has 3 aromatic carbocycles. The lowest BCUT2D eigenvalue weighted by molar-refractivity contribution is -0.144. The van der Waals surface area contributed by atoms with Crippen molar-refractivity contribution < 1.29 is 33.9 Å². The largest absolute Gasteiger partial charge is 0.480 e. The van der Waals surface area contributed by atoms with Crippen molar-refractivity contribution >= 4 is 68.2 Å². The molecule has 1 aliphatic rings. The minimum atomic E-state index is -1.40. The Morgan fingerprint density at radius 2 is 1.16 bits per heavy atom. The molecule has 7 rings (SSSR count). The Morgan fingerprint density at radius 1 is 0.672 bits per heavy atom. The molecule has 16 heteroatoms. The van der Waals surface area contributed by atoms with Gasteiger partial charge in [0.1, 0.15) is 24.2 Å². The van der Waals surface area contributed by atoms with E-state index in [9.17, 15) is 33.9 Å². The third kappa shape index (κ3) is 8.56. The van der Waals surface area contributed by atoms with Gasteiger partial charge in [-0.15, -0.1) is 0 Å². The number of benzene rings is 3. The number of primary amides is 1. The second-order valence-electron chi connectivity index (χ2n) is 14.7. The Morgan fingerprint density at radius 3 is 1.67 bits per heavy atom. The van der Waals surface area contributed by atoms with Crippen LogP contribution in [0.3, 0.4) is 0 Å². The molecule has 16 nitrogen and oxygen atoms in total. The molecule has 11 N–H and O–H groups in total. The minimum absolute atomic E-state index is 0.00362. The fourth-order valence-electron chi connectivity index (χ4n) is 7.80. The molecule has 0 spiro atoms. The quantitative estimate of drug-likeness (QED) is 0.0698. The molecule has 5 atom stereocenters. The van der Waals surface area contributed by atoms with Crippen LogP contribution in [-0.2, 0) is 48.0 Å². The summed E-state index contributed by atoms with van der Waals surface area (Å²) in [5, 5.41) is 20.8. The summed E-state index contributed by atoms with van der Waals surface area (Å²) >= 11 is 0. The van der Waals surface area contributed by atoms with Gasteiger partial charge in [-0.3, -0.25) is 24.0 Å².